The Morgan fingerprint density at radius 1 is 1.33 bits per heavy atom. The molecule has 0 amide bonds. The smallest absolute Gasteiger partial charge is 0.348 e. The molecule has 0 saturated carbocycles. The van der Waals surface area contributed by atoms with Gasteiger partial charge in [-0.05, 0) is 44.0 Å². The van der Waals surface area contributed by atoms with E-state index in [1.165, 1.54) is 17.7 Å². The van der Waals surface area contributed by atoms with E-state index in [9.17, 15) is 4.79 Å². The lowest BCUT2D eigenvalue weighted by atomic mass is 10.2. The molecule has 2 aromatic heterocycles. The van der Waals surface area contributed by atoms with Crippen molar-refractivity contribution in [2.45, 2.75) is 20.8 Å². The van der Waals surface area contributed by atoms with Crippen LogP contribution in [-0.2, 0) is 4.74 Å². The van der Waals surface area contributed by atoms with E-state index >= 15 is 0 Å². The summed E-state index contributed by atoms with van der Waals surface area (Å²) in [5, 5.41) is 4.16. The van der Waals surface area contributed by atoms with Gasteiger partial charge in [0.2, 0.25) is 0 Å². The number of anilines is 2. The molecule has 0 unspecified atom stereocenters. The van der Waals surface area contributed by atoms with E-state index in [1.807, 2.05) is 32.0 Å². The van der Waals surface area contributed by atoms with Crippen LogP contribution in [-0.4, -0.2) is 22.5 Å². The van der Waals surface area contributed by atoms with Crippen molar-refractivity contribution in [1.82, 2.24) is 9.97 Å². The third kappa shape index (κ3) is 3.14. The molecule has 0 aliphatic heterocycles. The van der Waals surface area contributed by atoms with Gasteiger partial charge in [-0.15, -0.1) is 11.3 Å². The lowest BCUT2D eigenvalue weighted by Crippen LogP contribution is -2.03. The number of nitrogens with zero attached hydrogens (tertiary/aromatic N) is 2. The number of rotatable bonds is 4. The quantitative estimate of drug-likeness (QED) is 0.619. The molecule has 0 saturated heterocycles. The molecule has 7 heteroatoms. The zero-order valence-electron chi connectivity index (χ0n) is 13.5. The van der Waals surface area contributed by atoms with Gasteiger partial charge in [-0.3, -0.25) is 0 Å². The van der Waals surface area contributed by atoms with Crippen LogP contribution >= 0.6 is 27.3 Å². The SMILES string of the molecule is CCOC(=O)c1sc2ncnc(Nc3ccc(C)c(Br)c3)c2c1C. The number of thiophene rings is 1. The fourth-order valence-corrected chi connectivity index (χ4v) is 3.79. The Morgan fingerprint density at radius 3 is 2.83 bits per heavy atom. The second-order valence-electron chi connectivity index (χ2n) is 5.27. The molecule has 0 fully saturated rings. The predicted molar refractivity (Wildman–Crippen MR) is 100 cm³/mol. The van der Waals surface area contributed by atoms with Crippen molar-refractivity contribution in [1.29, 1.82) is 0 Å². The average Bonchev–Trinajstić information content (AvgIpc) is 2.89. The minimum Gasteiger partial charge on any atom is -0.462 e. The Bertz CT molecular complexity index is 924. The number of esters is 1. The van der Waals surface area contributed by atoms with Gasteiger partial charge in [0.25, 0.3) is 0 Å². The molecule has 0 radical (unpaired) electrons. The molecule has 0 aliphatic rings. The molecule has 2 heterocycles. The van der Waals surface area contributed by atoms with Gasteiger partial charge in [0.15, 0.2) is 0 Å². The van der Waals surface area contributed by atoms with Crippen LogP contribution in [0.15, 0.2) is 29.0 Å². The monoisotopic (exact) mass is 405 g/mol. The number of hydrogen-bond acceptors (Lipinski definition) is 6. The summed E-state index contributed by atoms with van der Waals surface area (Å²) < 4.78 is 6.14. The van der Waals surface area contributed by atoms with Crippen LogP contribution in [0.5, 0.6) is 0 Å². The Morgan fingerprint density at radius 2 is 2.12 bits per heavy atom. The number of halogens is 1. The van der Waals surface area contributed by atoms with Gasteiger partial charge >= 0.3 is 5.97 Å². The zero-order valence-corrected chi connectivity index (χ0v) is 15.9. The van der Waals surface area contributed by atoms with Crippen LogP contribution in [0.1, 0.15) is 27.7 Å². The molecular weight excluding hydrogens is 390 g/mol. The molecule has 0 spiro atoms. The number of fused-ring (bicyclic) bond motifs is 1. The Labute approximate surface area is 152 Å². The van der Waals surface area contributed by atoms with Gasteiger partial charge in [-0.1, -0.05) is 22.0 Å². The number of aryl methyl sites for hydroxylation is 2. The summed E-state index contributed by atoms with van der Waals surface area (Å²) in [6.07, 6.45) is 1.50. The van der Waals surface area contributed by atoms with Crippen LogP contribution in [0.25, 0.3) is 10.2 Å². The minimum atomic E-state index is -0.318. The molecule has 5 nitrogen and oxygen atoms in total. The van der Waals surface area contributed by atoms with Crippen LogP contribution in [0.3, 0.4) is 0 Å². The first-order chi connectivity index (χ1) is 11.5. The lowest BCUT2D eigenvalue weighted by molar-refractivity contribution is 0.0531. The fourth-order valence-electron chi connectivity index (χ4n) is 2.37. The molecule has 3 aromatic rings. The standard InChI is InChI=1S/C17H16BrN3O2S/c1-4-23-17(22)14-10(3)13-15(19-8-20-16(13)24-14)21-11-6-5-9(2)12(18)7-11/h5-8H,4H2,1-3H3,(H,19,20,21). The van der Waals surface area contributed by atoms with Crippen molar-refractivity contribution in [3.05, 3.63) is 45.0 Å². The Hall–Kier alpha value is -1.99. The number of carbonyl (C=O) groups excluding carboxylic acids is 1. The van der Waals surface area contributed by atoms with Crippen molar-refractivity contribution in [2.75, 3.05) is 11.9 Å². The van der Waals surface area contributed by atoms with Gasteiger partial charge in [0.05, 0.1) is 12.0 Å². The van der Waals surface area contributed by atoms with E-state index in [2.05, 4.69) is 31.2 Å². The number of benzene rings is 1. The highest BCUT2D eigenvalue weighted by Gasteiger charge is 2.20. The van der Waals surface area contributed by atoms with E-state index < -0.39 is 0 Å². The maximum absolute atomic E-state index is 12.1. The van der Waals surface area contributed by atoms with Crippen molar-refractivity contribution < 1.29 is 9.53 Å². The number of carbonyl (C=O) groups is 1. The molecule has 0 atom stereocenters. The molecule has 0 bridgehead atoms. The maximum atomic E-state index is 12.1. The van der Waals surface area contributed by atoms with Gasteiger partial charge in [0.1, 0.15) is 21.9 Å². The first kappa shape index (κ1) is 16.9. The predicted octanol–water partition coefficient (Wildman–Crippen LogP) is 4.99. The van der Waals surface area contributed by atoms with Gasteiger partial charge in [-0.2, -0.15) is 0 Å². The lowest BCUT2D eigenvalue weighted by Gasteiger charge is -2.09. The Kier molecular flexibility index (Phi) is 4.82. The van der Waals surface area contributed by atoms with E-state index in [1.54, 1.807) is 6.92 Å². The van der Waals surface area contributed by atoms with Crippen LogP contribution in [0, 0.1) is 13.8 Å². The highest BCUT2D eigenvalue weighted by atomic mass is 79.9. The van der Waals surface area contributed by atoms with Crippen molar-refractivity contribution >= 4 is 55.0 Å². The van der Waals surface area contributed by atoms with E-state index in [0.717, 1.165) is 31.5 Å². The maximum Gasteiger partial charge on any atom is 0.348 e. The summed E-state index contributed by atoms with van der Waals surface area (Å²) in [4.78, 5) is 22.1. The van der Waals surface area contributed by atoms with E-state index in [0.29, 0.717) is 17.3 Å². The first-order valence-electron chi connectivity index (χ1n) is 7.45. The molecule has 24 heavy (non-hydrogen) atoms. The normalized spacial score (nSPS) is 10.8. The summed E-state index contributed by atoms with van der Waals surface area (Å²) in [5.74, 6) is 0.363. The molecule has 124 valence electrons. The molecular formula is C17H16BrN3O2S. The summed E-state index contributed by atoms with van der Waals surface area (Å²) in [6, 6.07) is 6.01. The third-order valence-corrected chi connectivity index (χ3v) is 5.66. The highest BCUT2D eigenvalue weighted by molar-refractivity contribution is 9.10. The summed E-state index contributed by atoms with van der Waals surface area (Å²) in [7, 11) is 0. The van der Waals surface area contributed by atoms with Gasteiger partial charge in [0, 0.05) is 10.2 Å². The van der Waals surface area contributed by atoms with Crippen molar-refractivity contribution in [2.24, 2.45) is 0 Å². The minimum absolute atomic E-state index is 0.318. The number of nitrogens with one attached hydrogen (secondary N) is 1. The Balaban J connectivity index is 2.05. The van der Waals surface area contributed by atoms with E-state index in [4.69, 9.17) is 4.74 Å². The highest BCUT2D eigenvalue weighted by Crippen LogP contribution is 2.35. The average molecular weight is 406 g/mol. The van der Waals surface area contributed by atoms with Crippen LogP contribution < -0.4 is 5.32 Å². The van der Waals surface area contributed by atoms with Gasteiger partial charge in [-0.25, -0.2) is 14.8 Å². The number of ether oxygens (including phenoxy) is 1. The summed E-state index contributed by atoms with van der Waals surface area (Å²) in [5.41, 5.74) is 2.91. The molecule has 0 aliphatic carbocycles. The molecule has 1 N–H and O–H groups in total. The topological polar surface area (TPSA) is 64.1 Å². The number of hydrogen-bond donors (Lipinski definition) is 1. The third-order valence-electron chi connectivity index (χ3n) is 3.62. The molecule has 1 aromatic carbocycles. The van der Waals surface area contributed by atoms with Gasteiger partial charge < -0.3 is 10.1 Å². The van der Waals surface area contributed by atoms with E-state index in [-0.39, 0.29) is 5.97 Å². The molecule has 3 rings (SSSR count). The second-order valence-corrected chi connectivity index (χ2v) is 7.12. The summed E-state index contributed by atoms with van der Waals surface area (Å²) >= 11 is 4.86. The van der Waals surface area contributed by atoms with Crippen molar-refractivity contribution in [3.8, 4) is 0 Å². The first-order valence-corrected chi connectivity index (χ1v) is 9.06. The summed E-state index contributed by atoms with van der Waals surface area (Å²) in [6.45, 7) is 6.07. The van der Waals surface area contributed by atoms with Crippen molar-refractivity contribution in [3.63, 3.8) is 0 Å². The fraction of sp³-hybridized carbons (Fsp3) is 0.235. The number of aromatic nitrogens is 2. The largest absolute Gasteiger partial charge is 0.462 e. The second kappa shape index (κ2) is 6.86. The van der Waals surface area contributed by atoms with Crippen LogP contribution in [0.4, 0.5) is 11.5 Å². The zero-order chi connectivity index (χ0) is 17.3. The van der Waals surface area contributed by atoms with Crippen LogP contribution in [0.2, 0.25) is 0 Å².